The Labute approximate surface area is 121 Å². The first-order valence-corrected chi connectivity index (χ1v) is 7.13. The van der Waals surface area contributed by atoms with E-state index in [9.17, 15) is 0 Å². The Kier molecular flexibility index (Phi) is 4.00. The summed E-state index contributed by atoms with van der Waals surface area (Å²) in [5, 5.41) is 0. The van der Waals surface area contributed by atoms with E-state index < -0.39 is 0 Å². The molecule has 2 aromatic rings. The summed E-state index contributed by atoms with van der Waals surface area (Å²) in [5.41, 5.74) is 11.3. The van der Waals surface area contributed by atoms with Gasteiger partial charge in [0.15, 0.2) is 0 Å². The minimum atomic E-state index is -0.00341. The van der Waals surface area contributed by atoms with Crippen molar-refractivity contribution in [1.29, 1.82) is 0 Å². The number of rotatable bonds is 3. The number of nitrogens with two attached hydrogens (primary N) is 1. The van der Waals surface area contributed by atoms with Crippen LogP contribution in [-0.4, -0.2) is 9.55 Å². The number of hydrogen-bond donors (Lipinski definition) is 1. The second-order valence-electron chi connectivity index (χ2n) is 6.55. The number of aryl methyl sites for hydroxylation is 1. The lowest BCUT2D eigenvalue weighted by Gasteiger charge is -2.20. The molecule has 1 heterocycles. The van der Waals surface area contributed by atoms with Gasteiger partial charge in [0.1, 0.15) is 0 Å². The molecule has 108 valence electrons. The largest absolute Gasteiger partial charge is 0.333 e. The van der Waals surface area contributed by atoms with E-state index in [1.54, 1.807) is 0 Å². The molecule has 0 aliphatic carbocycles. The van der Waals surface area contributed by atoms with Gasteiger partial charge in [-0.3, -0.25) is 0 Å². The van der Waals surface area contributed by atoms with E-state index in [4.69, 9.17) is 5.73 Å². The molecule has 2 rings (SSSR count). The van der Waals surface area contributed by atoms with Crippen LogP contribution < -0.4 is 5.73 Å². The van der Waals surface area contributed by atoms with E-state index in [0.717, 1.165) is 12.2 Å². The normalized spacial score (nSPS) is 13.5. The van der Waals surface area contributed by atoms with E-state index in [2.05, 4.69) is 61.5 Å². The van der Waals surface area contributed by atoms with Crippen LogP contribution in [0.2, 0.25) is 0 Å². The summed E-state index contributed by atoms with van der Waals surface area (Å²) in [5.74, 6) is 0. The second kappa shape index (κ2) is 5.41. The zero-order chi connectivity index (χ0) is 14.9. The zero-order valence-electron chi connectivity index (χ0n) is 13.1. The van der Waals surface area contributed by atoms with Gasteiger partial charge in [0.05, 0.1) is 12.0 Å². The predicted molar refractivity (Wildman–Crippen MR) is 83.8 cm³/mol. The van der Waals surface area contributed by atoms with Crippen molar-refractivity contribution in [2.75, 3.05) is 0 Å². The van der Waals surface area contributed by atoms with Crippen LogP contribution in [0.25, 0.3) is 0 Å². The van der Waals surface area contributed by atoms with E-state index in [1.807, 2.05) is 13.3 Å². The van der Waals surface area contributed by atoms with Crippen LogP contribution in [-0.2, 0) is 12.0 Å². The number of nitrogens with zero attached hydrogens (tertiary/aromatic N) is 2. The van der Waals surface area contributed by atoms with Crippen LogP contribution in [0.5, 0.6) is 0 Å². The van der Waals surface area contributed by atoms with Gasteiger partial charge >= 0.3 is 0 Å². The molecule has 0 aliphatic rings. The van der Waals surface area contributed by atoms with Crippen LogP contribution in [0.1, 0.15) is 49.3 Å². The molecule has 2 N–H and O–H groups in total. The average molecular weight is 271 g/mol. The molecule has 3 nitrogen and oxygen atoms in total. The molecule has 0 saturated carbocycles. The summed E-state index contributed by atoms with van der Waals surface area (Å²) >= 11 is 0. The lowest BCUT2D eigenvalue weighted by atomic mass is 9.86. The summed E-state index contributed by atoms with van der Waals surface area (Å²) in [6.07, 6.45) is 1.87. The van der Waals surface area contributed by atoms with Gasteiger partial charge in [-0.2, -0.15) is 0 Å². The van der Waals surface area contributed by atoms with Crippen LogP contribution >= 0.6 is 0 Å². The summed E-state index contributed by atoms with van der Waals surface area (Å²) in [6, 6.07) is 8.65. The Morgan fingerprint density at radius 2 is 1.75 bits per heavy atom. The zero-order valence-corrected chi connectivity index (χ0v) is 13.1. The van der Waals surface area contributed by atoms with E-state index in [-0.39, 0.29) is 11.5 Å². The molecule has 0 fully saturated rings. The first kappa shape index (κ1) is 14.8. The van der Waals surface area contributed by atoms with Gasteiger partial charge in [-0.05, 0) is 30.4 Å². The van der Waals surface area contributed by atoms with Crippen molar-refractivity contribution in [3.05, 3.63) is 53.1 Å². The third-order valence-corrected chi connectivity index (χ3v) is 3.94. The highest BCUT2D eigenvalue weighted by Crippen LogP contribution is 2.24. The molecule has 20 heavy (non-hydrogen) atoms. The number of imidazole rings is 1. The molecular formula is C17H25N3. The minimum Gasteiger partial charge on any atom is -0.333 e. The van der Waals surface area contributed by atoms with Crippen LogP contribution in [0.4, 0.5) is 0 Å². The van der Waals surface area contributed by atoms with E-state index in [1.165, 1.54) is 16.8 Å². The Hall–Kier alpha value is -1.61. The van der Waals surface area contributed by atoms with Gasteiger partial charge in [-0.15, -0.1) is 0 Å². The summed E-state index contributed by atoms with van der Waals surface area (Å²) in [4.78, 5) is 4.32. The van der Waals surface area contributed by atoms with Crippen molar-refractivity contribution >= 4 is 0 Å². The predicted octanol–water partition coefficient (Wildman–Crippen LogP) is 3.50. The van der Waals surface area contributed by atoms with Gasteiger partial charge in [0, 0.05) is 18.3 Å². The quantitative estimate of drug-likeness (QED) is 0.928. The molecule has 1 aromatic heterocycles. The smallest absolute Gasteiger partial charge is 0.0952 e. The minimum absolute atomic E-state index is 0.00341. The van der Waals surface area contributed by atoms with Crippen molar-refractivity contribution in [3.63, 3.8) is 0 Å². The molecule has 1 unspecified atom stereocenters. The maximum Gasteiger partial charge on any atom is 0.0952 e. The maximum atomic E-state index is 6.32. The van der Waals surface area contributed by atoms with Crippen LogP contribution in [0.3, 0.4) is 0 Å². The summed E-state index contributed by atoms with van der Waals surface area (Å²) in [7, 11) is 0. The van der Waals surface area contributed by atoms with Gasteiger partial charge in [-0.25, -0.2) is 4.98 Å². The summed E-state index contributed by atoms with van der Waals surface area (Å²) < 4.78 is 2.12. The fraction of sp³-hybridized carbons (Fsp3) is 0.471. The second-order valence-corrected chi connectivity index (χ2v) is 6.55. The number of benzene rings is 1. The molecule has 0 spiro atoms. The number of aromatic nitrogens is 2. The van der Waals surface area contributed by atoms with Crippen molar-refractivity contribution in [1.82, 2.24) is 9.55 Å². The van der Waals surface area contributed by atoms with Crippen molar-refractivity contribution < 1.29 is 0 Å². The van der Waals surface area contributed by atoms with Crippen molar-refractivity contribution in [2.45, 2.75) is 52.6 Å². The van der Waals surface area contributed by atoms with E-state index >= 15 is 0 Å². The first-order valence-electron chi connectivity index (χ1n) is 7.13. The van der Waals surface area contributed by atoms with Crippen molar-refractivity contribution in [3.8, 4) is 0 Å². The highest BCUT2D eigenvalue weighted by Gasteiger charge is 2.15. The van der Waals surface area contributed by atoms with E-state index in [0.29, 0.717) is 0 Å². The number of hydrogen-bond acceptors (Lipinski definition) is 2. The lowest BCUT2D eigenvalue weighted by molar-refractivity contribution is 0.563. The third kappa shape index (κ3) is 3.10. The van der Waals surface area contributed by atoms with Crippen LogP contribution in [0.15, 0.2) is 30.6 Å². The summed E-state index contributed by atoms with van der Waals surface area (Å²) in [6.45, 7) is 11.5. The highest BCUT2D eigenvalue weighted by molar-refractivity contribution is 5.29. The standard InChI is InChI=1S/C17H25N3/c1-12-13(2)20(11-19-12)10-16(18)14-6-8-15(9-7-14)17(3,4)5/h6-9,11,16H,10,18H2,1-5H3. The average Bonchev–Trinajstić information content (AvgIpc) is 2.70. The molecule has 0 aliphatic heterocycles. The van der Waals surface area contributed by atoms with Gasteiger partial charge in [-0.1, -0.05) is 45.0 Å². The Balaban J connectivity index is 2.13. The molecule has 3 heteroatoms. The third-order valence-electron chi connectivity index (χ3n) is 3.94. The Morgan fingerprint density at radius 1 is 1.15 bits per heavy atom. The Morgan fingerprint density at radius 3 is 2.20 bits per heavy atom. The molecule has 0 saturated heterocycles. The molecule has 0 amide bonds. The maximum absolute atomic E-state index is 6.32. The fourth-order valence-corrected chi connectivity index (χ4v) is 2.28. The fourth-order valence-electron chi connectivity index (χ4n) is 2.28. The monoisotopic (exact) mass is 271 g/mol. The topological polar surface area (TPSA) is 43.8 Å². The molecule has 0 bridgehead atoms. The SMILES string of the molecule is Cc1ncn(CC(N)c2ccc(C(C)(C)C)cc2)c1C. The van der Waals surface area contributed by atoms with Crippen molar-refractivity contribution in [2.24, 2.45) is 5.73 Å². The molecule has 0 radical (unpaired) electrons. The molecular weight excluding hydrogens is 246 g/mol. The molecule has 1 atom stereocenters. The van der Waals surface area contributed by atoms with Gasteiger partial charge in [0.25, 0.3) is 0 Å². The van der Waals surface area contributed by atoms with Gasteiger partial charge < -0.3 is 10.3 Å². The Bertz CT molecular complexity index is 573. The highest BCUT2D eigenvalue weighted by atomic mass is 15.1. The van der Waals surface area contributed by atoms with Gasteiger partial charge in [0.2, 0.25) is 0 Å². The van der Waals surface area contributed by atoms with Crippen LogP contribution in [0, 0.1) is 13.8 Å². The lowest BCUT2D eigenvalue weighted by Crippen LogP contribution is -2.18. The molecule has 1 aromatic carbocycles. The first-order chi connectivity index (χ1) is 9.29.